The molecule has 0 bridgehead atoms. The Morgan fingerprint density at radius 1 is 1.14 bits per heavy atom. The van der Waals surface area contributed by atoms with Gasteiger partial charge in [0.2, 0.25) is 11.8 Å². The van der Waals surface area contributed by atoms with Gasteiger partial charge in [0.1, 0.15) is 6.04 Å². The summed E-state index contributed by atoms with van der Waals surface area (Å²) in [6.45, 7) is 0.452. The Hall–Kier alpha value is -1.69. The molecule has 2 aliphatic heterocycles. The van der Waals surface area contributed by atoms with Crippen molar-refractivity contribution in [2.24, 2.45) is 0 Å². The number of rotatable bonds is 2. The van der Waals surface area contributed by atoms with E-state index in [0.717, 1.165) is 10.0 Å². The fourth-order valence-electron chi connectivity index (χ4n) is 3.32. The van der Waals surface area contributed by atoms with Crippen LogP contribution in [0.15, 0.2) is 16.6 Å². The number of halogens is 1. The quantitative estimate of drug-likeness (QED) is 0.819. The van der Waals surface area contributed by atoms with Crippen LogP contribution >= 0.6 is 15.9 Å². The zero-order chi connectivity index (χ0) is 15.4. The van der Waals surface area contributed by atoms with Crippen molar-refractivity contribution in [2.75, 3.05) is 0 Å². The van der Waals surface area contributed by atoms with Crippen molar-refractivity contribution in [2.45, 2.75) is 44.2 Å². The maximum absolute atomic E-state index is 12.6. The Kier molecular flexibility index (Phi) is 3.11. The minimum Gasteiger partial charge on any atom is -0.322 e. The summed E-state index contributed by atoms with van der Waals surface area (Å²) in [6.07, 6.45) is 3.08. The van der Waals surface area contributed by atoms with E-state index in [-0.39, 0.29) is 24.1 Å². The van der Waals surface area contributed by atoms with Gasteiger partial charge in [0.25, 0.3) is 5.91 Å². The molecule has 2 fully saturated rings. The van der Waals surface area contributed by atoms with E-state index < -0.39 is 6.04 Å². The van der Waals surface area contributed by atoms with Crippen molar-refractivity contribution < 1.29 is 14.4 Å². The molecule has 5 nitrogen and oxygen atoms in total. The third kappa shape index (κ3) is 2.17. The van der Waals surface area contributed by atoms with Crippen molar-refractivity contribution in [3.63, 3.8) is 0 Å². The zero-order valence-electron chi connectivity index (χ0n) is 11.9. The largest absolute Gasteiger partial charge is 0.322 e. The van der Waals surface area contributed by atoms with Crippen LogP contribution in [0.1, 0.15) is 53.1 Å². The Morgan fingerprint density at radius 3 is 2.59 bits per heavy atom. The van der Waals surface area contributed by atoms with Gasteiger partial charge in [-0.05, 0) is 42.4 Å². The highest BCUT2D eigenvalue weighted by atomic mass is 79.9. The molecule has 1 saturated carbocycles. The Balaban J connectivity index is 1.64. The number of nitrogens with zero attached hydrogens (tertiary/aromatic N) is 1. The van der Waals surface area contributed by atoms with Gasteiger partial charge in [0, 0.05) is 23.0 Å². The van der Waals surface area contributed by atoms with Gasteiger partial charge in [-0.15, -0.1) is 0 Å². The lowest BCUT2D eigenvalue weighted by molar-refractivity contribution is -0.136. The van der Waals surface area contributed by atoms with E-state index >= 15 is 0 Å². The Morgan fingerprint density at radius 2 is 1.91 bits per heavy atom. The molecule has 3 amide bonds. The van der Waals surface area contributed by atoms with Crippen molar-refractivity contribution >= 4 is 33.7 Å². The second kappa shape index (κ2) is 4.91. The SMILES string of the molecule is O=C1CCC(N2Cc3cc(C4CC4)c(Br)cc3C2=O)C(=O)N1. The molecule has 4 rings (SSSR count). The van der Waals surface area contributed by atoms with E-state index in [1.165, 1.54) is 18.4 Å². The molecule has 2 heterocycles. The number of hydrogen-bond donors (Lipinski definition) is 1. The van der Waals surface area contributed by atoms with Crippen LogP contribution < -0.4 is 5.32 Å². The number of imide groups is 1. The lowest BCUT2D eigenvalue weighted by Gasteiger charge is -2.29. The van der Waals surface area contributed by atoms with Gasteiger partial charge in [-0.1, -0.05) is 22.0 Å². The van der Waals surface area contributed by atoms with Gasteiger partial charge in [0.15, 0.2) is 0 Å². The molecule has 1 unspecified atom stereocenters. The third-order valence-electron chi connectivity index (χ3n) is 4.66. The smallest absolute Gasteiger partial charge is 0.255 e. The van der Waals surface area contributed by atoms with Gasteiger partial charge in [-0.3, -0.25) is 19.7 Å². The molecule has 1 aliphatic carbocycles. The summed E-state index contributed by atoms with van der Waals surface area (Å²) in [5.41, 5.74) is 2.91. The molecule has 1 aromatic rings. The van der Waals surface area contributed by atoms with Crippen molar-refractivity contribution in [3.05, 3.63) is 33.3 Å². The second-order valence-electron chi connectivity index (χ2n) is 6.21. The molecular weight excluding hydrogens is 348 g/mol. The molecule has 0 aromatic heterocycles. The first-order valence-corrected chi connectivity index (χ1v) is 8.31. The summed E-state index contributed by atoms with van der Waals surface area (Å²) in [7, 11) is 0. The van der Waals surface area contributed by atoms with E-state index in [9.17, 15) is 14.4 Å². The standard InChI is InChI=1S/C16H15BrN2O3/c17-12-6-11-9(5-10(12)8-1-2-8)7-19(16(11)22)13-3-4-14(20)18-15(13)21/h5-6,8,13H,1-4,7H2,(H,18,20,21). The van der Waals surface area contributed by atoms with Crippen LogP contribution in [0, 0.1) is 0 Å². The van der Waals surface area contributed by atoms with Crippen LogP contribution in [0.25, 0.3) is 0 Å². The molecule has 1 aromatic carbocycles. The minimum absolute atomic E-state index is 0.118. The van der Waals surface area contributed by atoms with Gasteiger partial charge in [0.05, 0.1) is 0 Å². The lowest BCUT2D eigenvalue weighted by Crippen LogP contribution is -2.52. The number of hydrogen-bond acceptors (Lipinski definition) is 3. The van der Waals surface area contributed by atoms with Gasteiger partial charge in [-0.25, -0.2) is 0 Å². The fourth-order valence-corrected chi connectivity index (χ4v) is 3.98. The van der Waals surface area contributed by atoms with Crippen LogP contribution in [0.4, 0.5) is 0 Å². The van der Waals surface area contributed by atoms with Crippen LogP contribution in [0.3, 0.4) is 0 Å². The molecule has 6 heteroatoms. The second-order valence-corrected chi connectivity index (χ2v) is 7.06. The number of piperidine rings is 1. The number of fused-ring (bicyclic) bond motifs is 1. The summed E-state index contributed by atoms with van der Waals surface area (Å²) in [4.78, 5) is 37.5. The molecule has 3 aliphatic rings. The first-order chi connectivity index (χ1) is 10.5. The predicted octanol–water partition coefficient (Wildman–Crippen LogP) is 2.09. The highest BCUT2D eigenvalue weighted by Gasteiger charge is 2.40. The number of nitrogens with one attached hydrogen (secondary N) is 1. The predicted molar refractivity (Wildman–Crippen MR) is 82.2 cm³/mol. The van der Waals surface area contributed by atoms with Crippen molar-refractivity contribution in [1.29, 1.82) is 0 Å². The molecule has 1 saturated heterocycles. The van der Waals surface area contributed by atoms with E-state index in [2.05, 4.69) is 27.3 Å². The Labute approximate surface area is 136 Å². The summed E-state index contributed by atoms with van der Waals surface area (Å²) in [5, 5.41) is 2.32. The van der Waals surface area contributed by atoms with Crippen LogP contribution in [-0.2, 0) is 16.1 Å². The summed E-state index contributed by atoms with van der Waals surface area (Å²) < 4.78 is 0.979. The van der Waals surface area contributed by atoms with Gasteiger partial charge < -0.3 is 4.90 Å². The molecule has 114 valence electrons. The van der Waals surface area contributed by atoms with E-state index in [4.69, 9.17) is 0 Å². The monoisotopic (exact) mass is 362 g/mol. The zero-order valence-corrected chi connectivity index (χ0v) is 13.5. The fraction of sp³-hybridized carbons (Fsp3) is 0.438. The Bertz CT molecular complexity index is 712. The summed E-state index contributed by atoms with van der Waals surface area (Å²) in [5.74, 6) is -0.143. The third-order valence-corrected chi connectivity index (χ3v) is 5.34. The molecular formula is C16H15BrN2O3. The number of amides is 3. The van der Waals surface area contributed by atoms with Crippen LogP contribution in [0.5, 0.6) is 0 Å². The summed E-state index contributed by atoms with van der Waals surface area (Å²) >= 11 is 3.56. The molecule has 0 spiro atoms. The first kappa shape index (κ1) is 13.9. The van der Waals surface area contributed by atoms with E-state index in [1.54, 1.807) is 4.90 Å². The number of carbonyl (C=O) groups is 3. The molecule has 0 radical (unpaired) electrons. The van der Waals surface area contributed by atoms with Crippen molar-refractivity contribution in [1.82, 2.24) is 10.2 Å². The summed E-state index contributed by atoms with van der Waals surface area (Å²) in [6, 6.07) is 3.44. The van der Waals surface area contributed by atoms with E-state index in [1.807, 2.05) is 6.07 Å². The van der Waals surface area contributed by atoms with E-state index in [0.29, 0.717) is 24.4 Å². The number of carbonyl (C=O) groups excluding carboxylic acids is 3. The topological polar surface area (TPSA) is 66.5 Å². The molecule has 1 N–H and O–H groups in total. The van der Waals surface area contributed by atoms with Crippen molar-refractivity contribution in [3.8, 4) is 0 Å². The lowest BCUT2D eigenvalue weighted by atomic mass is 10.0. The highest BCUT2D eigenvalue weighted by molar-refractivity contribution is 9.10. The van der Waals surface area contributed by atoms with Crippen LogP contribution in [-0.4, -0.2) is 28.7 Å². The van der Waals surface area contributed by atoms with Crippen LogP contribution in [0.2, 0.25) is 0 Å². The van der Waals surface area contributed by atoms with Gasteiger partial charge >= 0.3 is 0 Å². The average Bonchev–Trinajstić information content (AvgIpc) is 3.26. The van der Waals surface area contributed by atoms with Gasteiger partial charge in [-0.2, -0.15) is 0 Å². The highest BCUT2D eigenvalue weighted by Crippen LogP contribution is 2.45. The maximum Gasteiger partial charge on any atom is 0.255 e. The minimum atomic E-state index is -0.541. The number of benzene rings is 1. The average molecular weight is 363 g/mol. The first-order valence-electron chi connectivity index (χ1n) is 7.51. The maximum atomic E-state index is 12.6. The normalized spacial score (nSPS) is 24.5. The molecule has 22 heavy (non-hydrogen) atoms. The molecule has 1 atom stereocenters.